The smallest absolute Gasteiger partial charge is 0.182 e. The van der Waals surface area contributed by atoms with Crippen molar-refractivity contribution in [3.63, 3.8) is 0 Å². The van der Waals surface area contributed by atoms with Gasteiger partial charge in [0.15, 0.2) is 11.5 Å². The Morgan fingerprint density at radius 3 is 2.64 bits per heavy atom. The summed E-state index contributed by atoms with van der Waals surface area (Å²) >= 11 is 0. The van der Waals surface area contributed by atoms with E-state index in [2.05, 4.69) is 49.0 Å². The number of hydrogen-bond donors (Lipinski definition) is 1. The summed E-state index contributed by atoms with van der Waals surface area (Å²) in [7, 11) is 1.72. The number of aromatic amines is 1. The molecular formula is C21H24N6O. The molecule has 3 atom stereocenters. The lowest BCUT2D eigenvalue weighted by Gasteiger charge is -2.51. The highest BCUT2D eigenvalue weighted by Gasteiger charge is 2.54. The molecule has 0 saturated carbocycles. The van der Waals surface area contributed by atoms with Crippen LogP contribution in [0.25, 0.3) is 11.2 Å². The number of benzene rings is 1. The number of anilines is 1. The highest BCUT2D eigenvalue weighted by molar-refractivity contribution is 5.83. The number of nitrogens with one attached hydrogen (secondary N) is 1. The first kappa shape index (κ1) is 16.3. The lowest BCUT2D eigenvalue weighted by Crippen LogP contribution is -2.60. The van der Waals surface area contributed by atoms with Gasteiger partial charge in [0.05, 0.1) is 13.4 Å². The Balaban J connectivity index is 1.45. The lowest BCUT2D eigenvalue weighted by molar-refractivity contribution is 0.0355. The van der Waals surface area contributed by atoms with E-state index in [4.69, 9.17) is 9.72 Å². The van der Waals surface area contributed by atoms with Gasteiger partial charge in [-0.05, 0) is 49.5 Å². The molecule has 6 heterocycles. The van der Waals surface area contributed by atoms with E-state index >= 15 is 0 Å². The van der Waals surface area contributed by atoms with Gasteiger partial charge in [-0.1, -0.05) is 12.1 Å². The van der Waals surface area contributed by atoms with Crippen LogP contribution < -0.4 is 9.64 Å². The Labute approximate surface area is 163 Å². The Hall–Kier alpha value is -2.67. The van der Waals surface area contributed by atoms with Crippen LogP contribution in [0.2, 0.25) is 0 Å². The molecule has 28 heavy (non-hydrogen) atoms. The maximum Gasteiger partial charge on any atom is 0.182 e. The summed E-state index contributed by atoms with van der Waals surface area (Å²) < 4.78 is 5.37. The molecule has 144 valence electrons. The number of rotatable bonds is 3. The van der Waals surface area contributed by atoms with Crippen LogP contribution in [-0.4, -0.2) is 63.7 Å². The maximum absolute atomic E-state index is 5.37. The van der Waals surface area contributed by atoms with Crippen molar-refractivity contribution in [3.05, 3.63) is 42.5 Å². The first-order valence-corrected chi connectivity index (χ1v) is 10.1. The molecule has 0 radical (unpaired) electrons. The quantitative estimate of drug-likeness (QED) is 0.757. The zero-order valence-corrected chi connectivity index (χ0v) is 16.0. The normalized spacial score (nSPS) is 31.3. The highest BCUT2D eigenvalue weighted by atomic mass is 16.5. The summed E-state index contributed by atoms with van der Waals surface area (Å²) in [5, 5.41) is 0. The number of piperidine rings is 3. The molecule has 0 spiro atoms. The van der Waals surface area contributed by atoms with Crippen molar-refractivity contribution < 1.29 is 4.74 Å². The molecule has 4 fully saturated rings. The number of methoxy groups -OCH3 is 1. The molecule has 4 aliphatic heterocycles. The second-order valence-corrected chi connectivity index (χ2v) is 8.19. The third kappa shape index (κ3) is 2.29. The number of fused-ring (bicyclic) bond motifs is 3. The highest BCUT2D eigenvalue weighted by Crippen LogP contribution is 2.48. The summed E-state index contributed by atoms with van der Waals surface area (Å²) in [5.74, 6) is 3.11. The Morgan fingerprint density at radius 1 is 1.04 bits per heavy atom. The van der Waals surface area contributed by atoms with E-state index in [0.717, 1.165) is 35.2 Å². The summed E-state index contributed by atoms with van der Waals surface area (Å²) in [6, 6.07) is 9.67. The van der Waals surface area contributed by atoms with Crippen molar-refractivity contribution in [2.24, 2.45) is 5.92 Å². The maximum atomic E-state index is 5.37. The van der Waals surface area contributed by atoms with Gasteiger partial charge in [-0.15, -0.1) is 0 Å². The van der Waals surface area contributed by atoms with Gasteiger partial charge in [-0.2, -0.15) is 0 Å². The van der Waals surface area contributed by atoms with Crippen LogP contribution >= 0.6 is 0 Å². The molecule has 7 heteroatoms. The van der Waals surface area contributed by atoms with Crippen LogP contribution in [0.4, 0.5) is 5.82 Å². The van der Waals surface area contributed by atoms with Crippen molar-refractivity contribution in [2.75, 3.05) is 31.6 Å². The van der Waals surface area contributed by atoms with Crippen molar-refractivity contribution >= 4 is 17.0 Å². The minimum Gasteiger partial charge on any atom is -0.497 e. The zero-order valence-electron chi connectivity index (χ0n) is 16.0. The fraction of sp³-hybridized carbons (Fsp3) is 0.476. The van der Waals surface area contributed by atoms with E-state index in [-0.39, 0.29) is 0 Å². The molecule has 4 aliphatic rings. The van der Waals surface area contributed by atoms with Crippen LogP contribution in [0.15, 0.2) is 36.9 Å². The monoisotopic (exact) mass is 376 g/mol. The standard InChI is InChI=1S/C21H24N6O/c1-28-15-4-2-13(3-5-15)16-10-27(18-14-6-8-26(9-7-14)19(16)18)21-17-20(23-11-22-17)24-12-25-21/h2-5,11-12,14,16,18-19H,6-10H2,1H3,(H,22,23,24,25). The molecule has 1 N–H and O–H groups in total. The van der Waals surface area contributed by atoms with Gasteiger partial charge in [0, 0.05) is 24.5 Å². The van der Waals surface area contributed by atoms with E-state index < -0.39 is 0 Å². The number of hydrogen-bond acceptors (Lipinski definition) is 6. The molecule has 7 rings (SSSR count). The Kier molecular flexibility index (Phi) is 3.59. The first-order chi connectivity index (χ1) is 13.8. The van der Waals surface area contributed by atoms with Gasteiger partial charge in [-0.3, -0.25) is 4.90 Å². The molecule has 1 aromatic carbocycles. The molecule has 2 bridgehead atoms. The van der Waals surface area contributed by atoms with Crippen LogP contribution in [0.1, 0.15) is 24.3 Å². The van der Waals surface area contributed by atoms with Gasteiger partial charge in [0.1, 0.15) is 17.6 Å². The van der Waals surface area contributed by atoms with E-state index in [0.29, 0.717) is 18.0 Å². The van der Waals surface area contributed by atoms with Crippen molar-refractivity contribution in [1.29, 1.82) is 0 Å². The molecule has 7 nitrogen and oxygen atoms in total. The fourth-order valence-corrected chi connectivity index (χ4v) is 5.78. The summed E-state index contributed by atoms with van der Waals surface area (Å²) in [5.41, 5.74) is 3.09. The topological polar surface area (TPSA) is 70.2 Å². The third-order valence-electron chi connectivity index (χ3n) is 7.01. The minimum atomic E-state index is 0.465. The van der Waals surface area contributed by atoms with Crippen molar-refractivity contribution in [3.8, 4) is 5.75 Å². The molecule has 2 aromatic heterocycles. The van der Waals surface area contributed by atoms with E-state index in [1.165, 1.54) is 31.5 Å². The van der Waals surface area contributed by atoms with E-state index in [1.807, 2.05) is 0 Å². The zero-order chi connectivity index (χ0) is 18.7. The van der Waals surface area contributed by atoms with Gasteiger partial charge >= 0.3 is 0 Å². The van der Waals surface area contributed by atoms with Gasteiger partial charge in [0.2, 0.25) is 0 Å². The number of H-pyrrole nitrogens is 1. The number of nitrogens with zero attached hydrogens (tertiary/aromatic N) is 5. The fourth-order valence-electron chi connectivity index (χ4n) is 5.78. The van der Waals surface area contributed by atoms with Gasteiger partial charge in [-0.25, -0.2) is 15.0 Å². The number of imidazole rings is 1. The average Bonchev–Trinajstić information content (AvgIpc) is 3.41. The second-order valence-electron chi connectivity index (χ2n) is 8.19. The largest absolute Gasteiger partial charge is 0.497 e. The second kappa shape index (κ2) is 6.17. The van der Waals surface area contributed by atoms with Crippen LogP contribution in [0.3, 0.4) is 0 Å². The van der Waals surface area contributed by atoms with Crippen LogP contribution in [0.5, 0.6) is 5.75 Å². The average molecular weight is 376 g/mol. The molecule has 0 amide bonds. The number of ether oxygens (including phenoxy) is 1. The molecule has 3 aromatic rings. The van der Waals surface area contributed by atoms with E-state index in [9.17, 15) is 0 Å². The lowest BCUT2D eigenvalue weighted by atomic mass is 9.75. The molecule has 3 unspecified atom stereocenters. The SMILES string of the molecule is COc1ccc(C2CN(c3ncnc4nc[nH]c34)C3C4CCN(CC4)C23)cc1. The predicted molar refractivity (Wildman–Crippen MR) is 107 cm³/mol. The molecular weight excluding hydrogens is 352 g/mol. The summed E-state index contributed by atoms with van der Waals surface area (Å²) in [4.78, 5) is 21.9. The number of aromatic nitrogens is 4. The minimum absolute atomic E-state index is 0.465. The van der Waals surface area contributed by atoms with Crippen molar-refractivity contribution in [2.45, 2.75) is 30.8 Å². The summed E-state index contributed by atoms with van der Waals surface area (Å²) in [6.07, 6.45) is 5.93. The Bertz CT molecular complexity index is 994. The van der Waals surface area contributed by atoms with E-state index in [1.54, 1.807) is 19.8 Å². The third-order valence-corrected chi connectivity index (χ3v) is 7.01. The van der Waals surface area contributed by atoms with Crippen LogP contribution in [-0.2, 0) is 0 Å². The first-order valence-electron chi connectivity index (χ1n) is 10.1. The van der Waals surface area contributed by atoms with Crippen LogP contribution in [0, 0.1) is 5.92 Å². The molecule has 0 aliphatic carbocycles. The van der Waals surface area contributed by atoms with Crippen molar-refractivity contribution in [1.82, 2.24) is 24.8 Å². The Morgan fingerprint density at radius 2 is 1.86 bits per heavy atom. The van der Waals surface area contributed by atoms with Gasteiger partial charge in [0.25, 0.3) is 0 Å². The predicted octanol–water partition coefficient (Wildman–Crippen LogP) is 2.43. The van der Waals surface area contributed by atoms with Gasteiger partial charge < -0.3 is 14.6 Å². The summed E-state index contributed by atoms with van der Waals surface area (Å²) in [6.45, 7) is 3.41. The molecule has 4 saturated heterocycles.